The van der Waals surface area contributed by atoms with Gasteiger partial charge in [0.25, 0.3) is 0 Å². The Labute approximate surface area is 350 Å². The van der Waals surface area contributed by atoms with Crippen LogP contribution in [0.5, 0.6) is 0 Å². The maximum Gasteiger partial charge on any atom is 0.103 e. The highest BCUT2D eigenvalue weighted by Gasteiger charge is 2.78. The van der Waals surface area contributed by atoms with Crippen LogP contribution in [-0.2, 0) is 0 Å². The second-order valence-electron chi connectivity index (χ2n) is 28.3. The largest absolute Gasteiger partial charge is 0.103 e. The summed E-state index contributed by atoms with van der Waals surface area (Å²) in [7, 11) is -21.8. The molecule has 0 saturated heterocycles. The van der Waals surface area contributed by atoms with Gasteiger partial charge in [-0.3, -0.25) is 0 Å². The fourth-order valence-electron chi connectivity index (χ4n) is 16.6. The molecule has 4 atom stereocenters. The molecule has 1 aliphatic carbocycles. The molecule has 0 unspecified atom stereocenters. The summed E-state index contributed by atoms with van der Waals surface area (Å²) in [5.41, 5.74) is 3.58. The summed E-state index contributed by atoms with van der Waals surface area (Å²) in [6.45, 7) is 80.7. The van der Waals surface area contributed by atoms with E-state index in [1.807, 2.05) is 0 Å². The Kier molecular flexibility index (Phi) is 10.7. The predicted octanol–water partition coefficient (Wildman–Crippen LogP) is 14.9. The maximum absolute atomic E-state index is 3.16. The lowest BCUT2D eigenvalue weighted by Gasteiger charge is -2.76. The molecule has 0 radical (unpaired) electrons. The zero-order valence-electron chi connectivity index (χ0n) is 41.5. The third-order valence-corrected chi connectivity index (χ3v) is 83.2. The Balaban J connectivity index is 2.17. The SMILES string of the molecule is C[Si](C)(C)C1=C([Si](C)(C)C)[Si]2(C)C([Si](C)(C)C)=C([Si](C)(C)C)[Si]1(C)[C@H]1[C@H]3[C@@H](C=C[C@H]12)[Si]1(C)C([Si](C)(C)C)=C([Si](C)(C)C)[Si]3(C)C([Si](C)(C)C)=C1[Si](C)(C)C. The second-order valence-corrected chi connectivity index (χ2v) is 88.6. The molecule has 0 aromatic rings. The fourth-order valence-corrected chi connectivity index (χ4v) is 132. The van der Waals surface area contributed by atoms with E-state index in [4.69, 9.17) is 0 Å². The van der Waals surface area contributed by atoms with Gasteiger partial charge in [-0.15, -0.1) is 0 Å². The van der Waals surface area contributed by atoms with Crippen molar-refractivity contribution in [2.45, 2.75) is 205 Å². The molecule has 12 heteroatoms. The van der Waals surface area contributed by atoms with E-state index in [0.29, 0.717) is 0 Å². The van der Waals surface area contributed by atoms with Crippen LogP contribution in [0.25, 0.3) is 0 Å². The van der Waals surface area contributed by atoms with Crippen molar-refractivity contribution >= 4 is 96.9 Å². The Morgan fingerprint density at radius 2 is 0.389 bits per heavy atom. The number of hydrogen-bond acceptors (Lipinski definition) is 0. The summed E-state index contributed by atoms with van der Waals surface area (Å²) in [6.07, 6.45) is 6.27. The smallest absolute Gasteiger partial charge is 0.0944 e. The second kappa shape index (κ2) is 12.5. The number of hydrogen-bond donors (Lipinski definition) is 0. The molecule has 0 fully saturated rings. The van der Waals surface area contributed by atoms with Crippen molar-refractivity contribution in [2.24, 2.45) is 0 Å². The highest BCUT2D eigenvalue weighted by atomic mass is 28.4. The van der Waals surface area contributed by atoms with Crippen molar-refractivity contribution in [3.8, 4) is 0 Å². The molecule has 0 amide bonds. The minimum absolute atomic E-state index is 0.844. The zero-order chi connectivity index (χ0) is 42.3. The van der Waals surface area contributed by atoms with Crippen LogP contribution in [0.1, 0.15) is 0 Å². The minimum atomic E-state index is -2.17. The molecule has 306 valence electrons. The molecule has 7 rings (SSSR count). The van der Waals surface area contributed by atoms with Gasteiger partial charge in [0.15, 0.2) is 0 Å². The molecule has 0 N–H and O–H groups in total. The first-order chi connectivity index (χ1) is 23.4. The summed E-state index contributed by atoms with van der Waals surface area (Å²) in [5.74, 6) is 0. The summed E-state index contributed by atoms with van der Waals surface area (Å²) < 4.78 is 0. The van der Waals surface area contributed by atoms with E-state index in [9.17, 15) is 0 Å². The van der Waals surface area contributed by atoms with Crippen LogP contribution in [0.3, 0.4) is 0 Å². The molecule has 6 heterocycles. The standard InChI is InChI=1S/C42H90Si12/c1-43(2,3)35-39(47(13,14)15)53(27)33-31(51(35,25)36(44(4,5)6)40(53)48(16,17)18)29-30-32-34(33)54(28)41(49(19,20)21)37(45(7,8)9)52(32,26)38(46(10,11)12)42(54)50(22,23)24/h29-34H,1-28H3/t31-,32-,33-,34-,51?,52?,53?,54?/m1/s1. The van der Waals surface area contributed by atoms with Crippen LogP contribution in [0.15, 0.2) is 50.7 Å². The molecule has 0 aromatic carbocycles. The van der Waals surface area contributed by atoms with E-state index in [1.165, 1.54) is 0 Å². The van der Waals surface area contributed by atoms with Gasteiger partial charge in [0.2, 0.25) is 0 Å². The predicted molar refractivity (Wildman–Crippen MR) is 285 cm³/mol. The van der Waals surface area contributed by atoms with Gasteiger partial charge in [-0.25, -0.2) is 0 Å². The van der Waals surface area contributed by atoms with Gasteiger partial charge in [-0.1, -0.05) is 234 Å². The van der Waals surface area contributed by atoms with Crippen LogP contribution in [0.4, 0.5) is 0 Å². The van der Waals surface area contributed by atoms with Crippen LogP contribution >= 0.6 is 0 Å². The molecule has 0 saturated carbocycles. The molecule has 0 spiro atoms. The molecule has 0 nitrogen and oxygen atoms in total. The lowest BCUT2D eigenvalue weighted by Crippen LogP contribution is -2.80. The van der Waals surface area contributed by atoms with Crippen molar-refractivity contribution in [3.05, 3.63) is 50.7 Å². The molecular weight excluding hydrogens is 841 g/mol. The van der Waals surface area contributed by atoms with E-state index < -0.39 is 96.9 Å². The van der Waals surface area contributed by atoms with Crippen molar-refractivity contribution in [2.75, 3.05) is 0 Å². The van der Waals surface area contributed by atoms with Crippen molar-refractivity contribution in [3.63, 3.8) is 0 Å². The van der Waals surface area contributed by atoms with E-state index >= 15 is 0 Å². The minimum Gasteiger partial charge on any atom is -0.0944 e. The van der Waals surface area contributed by atoms with Crippen molar-refractivity contribution < 1.29 is 0 Å². The molecule has 54 heavy (non-hydrogen) atoms. The quantitative estimate of drug-likeness (QED) is 0.168. The lowest BCUT2D eigenvalue weighted by molar-refractivity contribution is 0.647. The van der Waals surface area contributed by atoms with Gasteiger partial charge in [0.1, 0.15) is 16.1 Å². The highest BCUT2D eigenvalue weighted by Crippen LogP contribution is 2.79. The third kappa shape index (κ3) is 6.12. The monoisotopic (exact) mass is 930 g/mol. The summed E-state index contributed by atoms with van der Waals surface area (Å²) in [5, 5.41) is 0. The Hall–Kier alpha value is 1.30. The molecular formula is C42H90Si12. The van der Waals surface area contributed by atoms with Gasteiger partial charge in [0, 0.05) is 0 Å². The normalized spacial score (nSPS) is 36.8. The van der Waals surface area contributed by atoms with E-state index in [1.54, 1.807) is 0 Å². The molecule has 6 aliphatic heterocycles. The Bertz CT molecular complexity index is 1570. The number of rotatable bonds is 8. The molecule has 4 bridgehead atoms. The summed E-state index contributed by atoms with van der Waals surface area (Å²) in [6, 6.07) is 0. The summed E-state index contributed by atoms with van der Waals surface area (Å²) in [4.78, 5) is 18.3. The lowest BCUT2D eigenvalue weighted by atomic mass is 10.0. The van der Waals surface area contributed by atoms with Gasteiger partial charge < -0.3 is 0 Å². The first kappa shape index (κ1) is 46.4. The van der Waals surface area contributed by atoms with Gasteiger partial charge >= 0.3 is 0 Å². The third-order valence-electron chi connectivity index (χ3n) is 15.5. The Morgan fingerprint density at radius 3 is 0.519 bits per heavy atom. The van der Waals surface area contributed by atoms with E-state index in [-0.39, 0.29) is 0 Å². The van der Waals surface area contributed by atoms with Crippen molar-refractivity contribution in [1.29, 1.82) is 0 Å². The van der Waals surface area contributed by atoms with Crippen LogP contribution in [0, 0.1) is 0 Å². The maximum atomic E-state index is 3.16. The topological polar surface area (TPSA) is 0 Å². The zero-order valence-corrected chi connectivity index (χ0v) is 53.5. The highest BCUT2D eigenvalue weighted by molar-refractivity contribution is 7.34. The van der Waals surface area contributed by atoms with Crippen LogP contribution in [-0.4, -0.2) is 96.9 Å². The first-order valence-electron chi connectivity index (χ1n) is 22.2. The first-order valence-corrected chi connectivity index (χ1v) is 60.5. The fraction of sp³-hybridized carbons (Fsp3) is 0.762. The van der Waals surface area contributed by atoms with Crippen LogP contribution in [0.2, 0.25) is 205 Å². The van der Waals surface area contributed by atoms with E-state index in [2.05, 4.69) is 234 Å². The van der Waals surface area contributed by atoms with Gasteiger partial charge in [-0.2, -0.15) is 0 Å². The molecule has 7 aliphatic rings. The Morgan fingerprint density at radius 1 is 0.259 bits per heavy atom. The summed E-state index contributed by atoms with van der Waals surface area (Å²) >= 11 is 0. The van der Waals surface area contributed by atoms with Gasteiger partial charge in [-0.05, 0) is 22.2 Å². The van der Waals surface area contributed by atoms with Gasteiger partial charge in [0.05, 0.1) is 80.7 Å². The molecule has 0 aromatic heterocycles. The average molecular weight is 932 g/mol. The van der Waals surface area contributed by atoms with Crippen LogP contribution < -0.4 is 0 Å². The van der Waals surface area contributed by atoms with Crippen molar-refractivity contribution in [1.82, 2.24) is 0 Å². The average Bonchev–Trinajstić information content (AvgIpc) is 2.87. The van der Waals surface area contributed by atoms with E-state index in [0.717, 1.165) is 22.2 Å². The number of allylic oxidation sites excluding steroid dienone is 2.